The predicted octanol–water partition coefficient (Wildman–Crippen LogP) is 2.23. The van der Waals surface area contributed by atoms with E-state index in [9.17, 15) is 9.90 Å². The van der Waals surface area contributed by atoms with E-state index in [0.29, 0.717) is 21.2 Å². The number of aromatic nitrogens is 3. The van der Waals surface area contributed by atoms with Crippen LogP contribution in [0.25, 0.3) is 0 Å². The summed E-state index contributed by atoms with van der Waals surface area (Å²) in [5.41, 5.74) is 0.920. The zero-order valence-electron chi connectivity index (χ0n) is 12.0. The fraction of sp³-hybridized carbons (Fsp3) is 0.357. The standard InChI is InChI=1S/C14H16N4O2S/c1-8(2)18-13(20)16-17-14(18)21-12-6-10(7-15)4-5-11(12)9(3)19/h4-6,8-9,19H,1-3H3,(H,16,20)/t9-/m0/s1. The number of rotatable bonds is 4. The van der Waals surface area contributed by atoms with Gasteiger partial charge in [-0.15, -0.1) is 5.10 Å². The molecule has 1 heterocycles. The number of nitrogens with one attached hydrogen (secondary N) is 1. The summed E-state index contributed by atoms with van der Waals surface area (Å²) in [5, 5.41) is 25.8. The molecule has 1 atom stereocenters. The van der Waals surface area contributed by atoms with Crippen molar-refractivity contribution < 1.29 is 5.11 Å². The van der Waals surface area contributed by atoms with Crippen molar-refractivity contribution in [3.63, 3.8) is 0 Å². The molecule has 1 aromatic heterocycles. The number of hydrogen-bond donors (Lipinski definition) is 2. The van der Waals surface area contributed by atoms with Crippen LogP contribution in [0.15, 0.2) is 33.0 Å². The molecule has 2 rings (SSSR count). The molecule has 0 aliphatic carbocycles. The van der Waals surface area contributed by atoms with E-state index in [1.165, 1.54) is 16.3 Å². The van der Waals surface area contributed by atoms with Gasteiger partial charge in [-0.05, 0) is 50.2 Å². The summed E-state index contributed by atoms with van der Waals surface area (Å²) in [5.74, 6) is 0. The summed E-state index contributed by atoms with van der Waals surface area (Å²) in [6, 6.07) is 7.10. The second kappa shape index (κ2) is 6.16. The van der Waals surface area contributed by atoms with Gasteiger partial charge < -0.3 is 5.11 Å². The molecule has 7 heteroatoms. The first kappa shape index (κ1) is 15.4. The summed E-state index contributed by atoms with van der Waals surface area (Å²) in [7, 11) is 0. The smallest absolute Gasteiger partial charge is 0.344 e. The topological polar surface area (TPSA) is 94.7 Å². The monoisotopic (exact) mass is 304 g/mol. The first-order valence-electron chi connectivity index (χ1n) is 6.51. The van der Waals surface area contributed by atoms with Crippen LogP contribution in [-0.4, -0.2) is 19.9 Å². The van der Waals surface area contributed by atoms with Crippen molar-refractivity contribution in [1.82, 2.24) is 14.8 Å². The normalized spacial score (nSPS) is 12.4. The number of hydrogen-bond acceptors (Lipinski definition) is 5. The van der Waals surface area contributed by atoms with E-state index in [1.807, 2.05) is 13.8 Å². The lowest BCUT2D eigenvalue weighted by Gasteiger charge is -2.13. The van der Waals surface area contributed by atoms with Gasteiger partial charge in [0.05, 0.1) is 17.7 Å². The van der Waals surface area contributed by atoms with Crippen LogP contribution in [0.3, 0.4) is 0 Å². The van der Waals surface area contributed by atoms with Crippen LogP contribution in [0.1, 0.15) is 44.0 Å². The van der Waals surface area contributed by atoms with Crippen molar-refractivity contribution in [1.29, 1.82) is 5.26 Å². The number of aromatic amines is 1. The molecule has 0 radical (unpaired) electrons. The van der Waals surface area contributed by atoms with Crippen molar-refractivity contribution in [2.45, 2.75) is 43.0 Å². The second-order valence-corrected chi connectivity index (χ2v) is 5.93. The molecule has 6 nitrogen and oxygen atoms in total. The van der Waals surface area contributed by atoms with Gasteiger partial charge in [-0.25, -0.2) is 9.89 Å². The van der Waals surface area contributed by atoms with Crippen molar-refractivity contribution in [3.05, 3.63) is 39.8 Å². The number of aliphatic hydroxyl groups is 1. The fourth-order valence-electron chi connectivity index (χ4n) is 1.95. The van der Waals surface area contributed by atoms with Gasteiger partial charge in [0.25, 0.3) is 0 Å². The molecule has 0 aliphatic rings. The Morgan fingerprint density at radius 3 is 2.71 bits per heavy atom. The van der Waals surface area contributed by atoms with Crippen molar-refractivity contribution in [3.8, 4) is 6.07 Å². The highest BCUT2D eigenvalue weighted by molar-refractivity contribution is 7.99. The molecule has 0 spiro atoms. The Kier molecular flexibility index (Phi) is 4.50. The second-order valence-electron chi connectivity index (χ2n) is 4.92. The Hall–Kier alpha value is -2.04. The minimum absolute atomic E-state index is 0.0344. The Balaban J connectivity index is 2.49. The number of nitrogens with zero attached hydrogens (tertiary/aromatic N) is 3. The van der Waals surface area contributed by atoms with Crippen LogP contribution in [0.5, 0.6) is 0 Å². The molecular formula is C14H16N4O2S. The van der Waals surface area contributed by atoms with Crippen LogP contribution in [0, 0.1) is 11.3 Å². The van der Waals surface area contributed by atoms with E-state index in [-0.39, 0.29) is 11.7 Å². The van der Waals surface area contributed by atoms with Gasteiger partial charge in [-0.3, -0.25) is 4.57 Å². The number of H-pyrrole nitrogens is 1. The van der Waals surface area contributed by atoms with E-state index in [1.54, 1.807) is 25.1 Å². The van der Waals surface area contributed by atoms with E-state index in [4.69, 9.17) is 5.26 Å². The van der Waals surface area contributed by atoms with Gasteiger partial charge in [-0.1, -0.05) is 6.07 Å². The Morgan fingerprint density at radius 1 is 1.43 bits per heavy atom. The molecule has 1 aromatic carbocycles. The average molecular weight is 304 g/mol. The maximum Gasteiger partial charge on any atom is 0.344 e. The predicted molar refractivity (Wildman–Crippen MR) is 79.1 cm³/mol. The highest BCUT2D eigenvalue weighted by atomic mass is 32.2. The van der Waals surface area contributed by atoms with Crippen LogP contribution >= 0.6 is 11.8 Å². The summed E-state index contributed by atoms with van der Waals surface area (Å²) in [6.07, 6.45) is -0.668. The molecule has 2 aromatic rings. The van der Waals surface area contributed by atoms with E-state index in [0.717, 1.165) is 0 Å². The molecule has 0 bridgehead atoms. The lowest BCUT2D eigenvalue weighted by atomic mass is 10.1. The summed E-state index contributed by atoms with van der Waals surface area (Å²) >= 11 is 1.26. The number of benzene rings is 1. The molecule has 2 N–H and O–H groups in total. The van der Waals surface area contributed by atoms with Gasteiger partial charge in [0.2, 0.25) is 0 Å². The van der Waals surface area contributed by atoms with E-state index < -0.39 is 6.10 Å². The minimum atomic E-state index is -0.668. The molecule has 110 valence electrons. The molecule has 0 fully saturated rings. The maximum atomic E-state index is 11.7. The van der Waals surface area contributed by atoms with Gasteiger partial charge in [-0.2, -0.15) is 5.26 Å². The molecular weight excluding hydrogens is 288 g/mol. The first-order chi connectivity index (χ1) is 9.93. The lowest BCUT2D eigenvalue weighted by Crippen LogP contribution is -2.19. The highest BCUT2D eigenvalue weighted by Gasteiger charge is 2.16. The number of aliphatic hydroxyl groups excluding tert-OH is 1. The van der Waals surface area contributed by atoms with Gasteiger partial charge in [0.15, 0.2) is 5.16 Å². The third kappa shape index (κ3) is 3.17. The third-order valence-corrected chi connectivity index (χ3v) is 4.03. The maximum absolute atomic E-state index is 11.7. The van der Waals surface area contributed by atoms with Crippen molar-refractivity contribution in [2.24, 2.45) is 0 Å². The van der Waals surface area contributed by atoms with Crippen molar-refractivity contribution >= 4 is 11.8 Å². The molecule has 21 heavy (non-hydrogen) atoms. The minimum Gasteiger partial charge on any atom is -0.389 e. The Morgan fingerprint density at radius 2 is 2.14 bits per heavy atom. The van der Waals surface area contributed by atoms with Gasteiger partial charge in [0, 0.05) is 10.9 Å². The first-order valence-corrected chi connectivity index (χ1v) is 7.32. The van der Waals surface area contributed by atoms with Crippen LogP contribution in [0.4, 0.5) is 0 Å². The molecule has 0 amide bonds. The van der Waals surface area contributed by atoms with Gasteiger partial charge in [0.1, 0.15) is 0 Å². The number of nitriles is 1. The fourth-order valence-corrected chi connectivity index (χ4v) is 3.18. The Labute approximate surface area is 126 Å². The summed E-state index contributed by atoms with van der Waals surface area (Å²) in [6.45, 7) is 5.44. The zero-order valence-corrected chi connectivity index (χ0v) is 12.8. The molecule has 0 unspecified atom stereocenters. The molecule has 0 saturated carbocycles. The Bertz CT molecular complexity index is 740. The van der Waals surface area contributed by atoms with E-state index in [2.05, 4.69) is 16.3 Å². The molecule has 0 aliphatic heterocycles. The highest BCUT2D eigenvalue weighted by Crippen LogP contribution is 2.33. The van der Waals surface area contributed by atoms with Crippen LogP contribution in [-0.2, 0) is 0 Å². The van der Waals surface area contributed by atoms with Gasteiger partial charge >= 0.3 is 5.69 Å². The largest absolute Gasteiger partial charge is 0.389 e. The lowest BCUT2D eigenvalue weighted by molar-refractivity contribution is 0.196. The summed E-state index contributed by atoms with van der Waals surface area (Å²) < 4.78 is 1.54. The van der Waals surface area contributed by atoms with Crippen molar-refractivity contribution in [2.75, 3.05) is 0 Å². The van der Waals surface area contributed by atoms with Crippen LogP contribution in [0.2, 0.25) is 0 Å². The summed E-state index contributed by atoms with van der Waals surface area (Å²) in [4.78, 5) is 12.5. The van der Waals surface area contributed by atoms with Crippen LogP contribution < -0.4 is 5.69 Å². The quantitative estimate of drug-likeness (QED) is 0.903. The SMILES string of the molecule is CC(C)n1c(Sc2cc(C#N)ccc2[C@H](C)O)n[nH]c1=O. The molecule has 0 saturated heterocycles. The third-order valence-electron chi connectivity index (χ3n) is 2.98. The average Bonchev–Trinajstić information content (AvgIpc) is 2.79. The zero-order chi connectivity index (χ0) is 15.6. The van der Waals surface area contributed by atoms with E-state index >= 15 is 0 Å².